The fourth-order valence-corrected chi connectivity index (χ4v) is 1.78. The minimum Gasteiger partial charge on any atom is -0.494 e. The fourth-order valence-electron chi connectivity index (χ4n) is 1.57. The van der Waals surface area contributed by atoms with E-state index in [0.717, 1.165) is 11.4 Å². The Morgan fingerprint density at radius 1 is 1.35 bits per heavy atom. The molecule has 0 atom stereocenters. The van der Waals surface area contributed by atoms with Crippen LogP contribution in [0.1, 0.15) is 17.5 Å². The lowest BCUT2D eigenvalue weighted by molar-refractivity contribution is 0.0950. The summed E-state index contributed by atoms with van der Waals surface area (Å²) in [7, 11) is 0. The van der Waals surface area contributed by atoms with Crippen LogP contribution in [0.3, 0.4) is 0 Å². The van der Waals surface area contributed by atoms with Crippen LogP contribution in [-0.4, -0.2) is 17.6 Å². The summed E-state index contributed by atoms with van der Waals surface area (Å²) in [6.07, 6.45) is 1.43. The van der Waals surface area contributed by atoms with Gasteiger partial charge in [-0.1, -0.05) is 6.07 Å². The molecule has 1 amide bonds. The maximum Gasteiger partial charge on any atom is 0.293 e. The van der Waals surface area contributed by atoms with Gasteiger partial charge in [0.2, 0.25) is 0 Å². The summed E-state index contributed by atoms with van der Waals surface area (Å²) in [5, 5.41) is 5.63. The van der Waals surface area contributed by atoms with Crippen molar-refractivity contribution in [2.75, 3.05) is 11.9 Å². The van der Waals surface area contributed by atoms with Gasteiger partial charge in [-0.25, -0.2) is 0 Å². The van der Waals surface area contributed by atoms with Gasteiger partial charge in [0, 0.05) is 11.8 Å². The lowest BCUT2D eigenvalue weighted by Crippen LogP contribution is -2.33. The molecule has 2 N–H and O–H groups in total. The summed E-state index contributed by atoms with van der Waals surface area (Å²) in [6.45, 7) is 2.50. The van der Waals surface area contributed by atoms with Gasteiger partial charge in [-0.3, -0.25) is 10.1 Å². The molecule has 20 heavy (non-hydrogen) atoms. The smallest absolute Gasteiger partial charge is 0.293 e. The second kappa shape index (κ2) is 6.72. The van der Waals surface area contributed by atoms with E-state index in [9.17, 15) is 4.79 Å². The molecule has 0 aliphatic carbocycles. The van der Waals surface area contributed by atoms with Gasteiger partial charge in [-0.05, 0) is 43.4 Å². The minimum absolute atomic E-state index is 0.194. The Morgan fingerprint density at radius 3 is 2.90 bits per heavy atom. The summed E-state index contributed by atoms with van der Waals surface area (Å²) in [5.74, 6) is 0.545. The molecule has 0 saturated heterocycles. The number of hydrogen-bond acceptors (Lipinski definition) is 4. The van der Waals surface area contributed by atoms with Crippen LogP contribution in [0.15, 0.2) is 47.1 Å². The highest BCUT2D eigenvalue weighted by molar-refractivity contribution is 7.80. The molecule has 0 unspecified atom stereocenters. The van der Waals surface area contributed by atoms with Crippen LogP contribution in [0, 0.1) is 0 Å². The predicted octanol–water partition coefficient (Wildman–Crippen LogP) is 2.81. The number of carbonyl (C=O) groups excluding carboxylic acids is 1. The fraction of sp³-hybridized carbons (Fsp3) is 0.143. The van der Waals surface area contributed by atoms with Crippen molar-refractivity contribution in [3.8, 4) is 5.75 Å². The number of furan rings is 1. The van der Waals surface area contributed by atoms with Crippen LogP contribution in [0.4, 0.5) is 5.69 Å². The highest BCUT2D eigenvalue weighted by atomic mass is 32.1. The number of hydrogen-bond donors (Lipinski definition) is 2. The summed E-state index contributed by atoms with van der Waals surface area (Å²) >= 11 is 5.07. The van der Waals surface area contributed by atoms with E-state index < -0.39 is 5.91 Å². The zero-order valence-corrected chi connectivity index (χ0v) is 11.7. The van der Waals surface area contributed by atoms with E-state index in [1.807, 2.05) is 25.1 Å². The highest BCUT2D eigenvalue weighted by Gasteiger charge is 2.10. The van der Waals surface area contributed by atoms with Crippen LogP contribution in [0.5, 0.6) is 5.75 Å². The summed E-state index contributed by atoms with van der Waals surface area (Å²) < 4.78 is 10.4. The quantitative estimate of drug-likeness (QED) is 0.848. The molecule has 104 valence electrons. The lowest BCUT2D eigenvalue weighted by Gasteiger charge is -2.10. The largest absolute Gasteiger partial charge is 0.494 e. The average molecular weight is 290 g/mol. The molecule has 1 aromatic carbocycles. The van der Waals surface area contributed by atoms with Gasteiger partial charge in [0.05, 0.1) is 12.9 Å². The third-order valence-electron chi connectivity index (χ3n) is 2.37. The molecule has 5 nitrogen and oxygen atoms in total. The van der Waals surface area contributed by atoms with Crippen molar-refractivity contribution in [2.24, 2.45) is 0 Å². The van der Waals surface area contributed by atoms with Gasteiger partial charge in [-0.2, -0.15) is 0 Å². The molecule has 2 rings (SSSR count). The van der Waals surface area contributed by atoms with Crippen molar-refractivity contribution in [3.05, 3.63) is 48.4 Å². The number of nitrogens with one attached hydrogen (secondary N) is 2. The standard InChI is InChI=1S/C14H14N2O3S/c1-2-18-11-6-3-5-10(9-11)15-14(20)16-13(17)12-7-4-8-19-12/h3-9H,2H2,1H3,(H2,15,16,17,20). The van der Waals surface area contributed by atoms with E-state index >= 15 is 0 Å². The Labute approximate surface area is 121 Å². The van der Waals surface area contributed by atoms with Crippen LogP contribution < -0.4 is 15.4 Å². The SMILES string of the molecule is CCOc1cccc(NC(=S)NC(=O)c2ccco2)c1. The van der Waals surface area contributed by atoms with Crippen LogP contribution in [0.25, 0.3) is 0 Å². The lowest BCUT2D eigenvalue weighted by atomic mass is 10.3. The number of ether oxygens (including phenoxy) is 1. The predicted molar refractivity (Wildman–Crippen MR) is 80.0 cm³/mol. The summed E-state index contributed by atoms with van der Waals surface area (Å²) in [6, 6.07) is 10.5. The van der Waals surface area contributed by atoms with E-state index in [2.05, 4.69) is 10.6 Å². The van der Waals surface area contributed by atoms with E-state index in [1.165, 1.54) is 6.26 Å². The van der Waals surface area contributed by atoms with Gasteiger partial charge in [0.1, 0.15) is 5.75 Å². The first kappa shape index (κ1) is 14.1. The van der Waals surface area contributed by atoms with Crippen molar-refractivity contribution in [1.29, 1.82) is 0 Å². The third-order valence-corrected chi connectivity index (χ3v) is 2.58. The number of carbonyl (C=O) groups is 1. The normalized spacial score (nSPS) is 9.85. The number of benzene rings is 1. The molecule has 0 bridgehead atoms. The topological polar surface area (TPSA) is 63.5 Å². The third kappa shape index (κ3) is 3.83. The number of anilines is 1. The van der Waals surface area contributed by atoms with Crippen LogP contribution in [0.2, 0.25) is 0 Å². The van der Waals surface area contributed by atoms with E-state index in [4.69, 9.17) is 21.4 Å². The zero-order chi connectivity index (χ0) is 14.4. The van der Waals surface area contributed by atoms with Crippen molar-refractivity contribution in [1.82, 2.24) is 5.32 Å². The monoisotopic (exact) mass is 290 g/mol. The van der Waals surface area contributed by atoms with Gasteiger partial charge < -0.3 is 14.5 Å². The molecule has 1 heterocycles. The average Bonchev–Trinajstić information content (AvgIpc) is 2.93. The van der Waals surface area contributed by atoms with E-state index in [0.29, 0.717) is 6.61 Å². The molecule has 0 aliphatic rings. The van der Waals surface area contributed by atoms with Gasteiger partial charge in [0.25, 0.3) is 5.91 Å². The Morgan fingerprint density at radius 2 is 2.20 bits per heavy atom. The second-order valence-corrected chi connectivity index (χ2v) is 4.25. The number of rotatable bonds is 4. The van der Waals surface area contributed by atoms with Gasteiger partial charge in [0.15, 0.2) is 10.9 Å². The van der Waals surface area contributed by atoms with Crippen molar-refractivity contribution >= 4 is 28.9 Å². The van der Waals surface area contributed by atoms with Gasteiger partial charge in [-0.15, -0.1) is 0 Å². The highest BCUT2D eigenvalue weighted by Crippen LogP contribution is 2.17. The summed E-state index contributed by atoms with van der Waals surface area (Å²) in [5.41, 5.74) is 0.737. The molecule has 6 heteroatoms. The summed E-state index contributed by atoms with van der Waals surface area (Å²) in [4.78, 5) is 11.7. The van der Waals surface area contributed by atoms with Crippen LogP contribution >= 0.6 is 12.2 Å². The zero-order valence-electron chi connectivity index (χ0n) is 10.9. The Balaban J connectivity index is 1.94. The molecule has 2 aromatic rings. The second-order valence-electron chi connectivity index (χ2n) is 3.85. The molecule has 1 aromatic heterocycles. The van der Waals surface area contributed by atoms with Gasteiger partial charge >= 0.3 is 0 Å². The molecular weight excluding hydrogens is 276 g/mol. The molecule has 0 radical (unpaired) electrons. The maximum absolute atomic E-state index is 11.7. The van der Waals surface area contributed by atoms with Crippen LogP contribution in [-0.2, 0) is 0 Å². The first-order valence-electron chi connectivity index (χ1n) is 6.07. The van der Waals surface area contributed by atoms with Crippen molar-refractivity contribution in [2.45, 2.75) is 6.92 Å². The van der Waals surface area contributed by atoms with E-state index in [-0.39, 0.29) is 10.9 Å². The Kier molecular flexibility index (Phi) is 4.73. The molecular formula is C14H14N2O3S. The molecule has 0 saturated carbocycles. The Hall–Kier alpha value is -2.34. The number of amides is 1. The Bertz CT molecular complexity index is 596. The maximum atomic E-state index is 11.7. The van der Waals surface area contributed by atoms with Crippen molar-refractivity contribution < 1.29 is 13.9 Å². The number of thiocarbonyl (C=S) groups is 1. The molecule has 0 spiro atoms. The molecule has 0 aliphatic heterocycles. The first-order chi connectivity index (χ1) is 9.69. The van der Waals surface area contributed by atoms with E-state index in [1.54, 1.807) is 18.2 Å². The van der Waals surface area contributed by atoms with Crippen molar-refractivity contribution in [3.63, 3.8) is 0 Å². The first-order valence-corrected chi connectivity index (χ1v) is 6.48. The minimum atomic E-state index is -0.395. The molecule has 0 fully saturated rings.